The molecule has 1 saturated heterocycles. The number of likely N-dealkylation sites (tertiary alicyclic amines) is 1. The number of amides is 2. The highest BCUT2D eigenvalue weighted by Crippen LogP contribution is 2.16. The first-order chi connectivity index (χ1) is 9.06. The van der Waals surface area contributed by atoms with Crippen molar-refractivity contribution >= 4 is 23.4 Å². The van der Waals surface area contributed by atoms with Crippen molar-refractivity contribution < 1.29 is 9.59 Å². The van der Waals surface area contributed by atoms with Crippen LogP contribution in [0.25, 0.3) is 0 Å². The third kappa shape index (κ3) is 3.64. The molecule has 19 heavy (non-hydrogen) atoms. The van der Waals surface area contributed by atoms with Crippen molar-refractivity contribution in [3.63, 3.8) is 0 Å². The third-order valence-electron chi connectivity index (χ3n) is 3.09. The zero-order valence-corrected chi connectivity index (χ0v) is 11.4. The Balaban J connectivity index is 1.84. The van der Waals surface area contributed by atoms with Crippen LogP contribution in [-0.4, -0.2) is 40.3 Å². The fourth-order valence-electron chi connectivity index (χ4n) is 1.97. The highest BCUT2D eigenvalue weighted by Gasteiger charge is 2.27. The Morgan fingerprint density at radius 2 is 2.21 bits per heavy atom. The first-order valence-electron chi connectivity index (χ1n) is 6.04. The lowest BCUT2D eigenvalue weighted by Crippen LogP contribution is -2.43. The molecule has 1 aromatic heterocycles. The molecule has 6 nitrogen and oxygen atoms in total. The summed E-state index contributed by atoms with van der Waals surface area (Å²) in [5.74, 6) is 0.371. The minimum atomic E-state index is -0.157. The molecule has 1 aliphatic heterocycles. The molecule has 2 amide bonds. The van der Waals surface area contributed by atoms with E-state index >= 15 is 0 Å². The number of nitrogens with zero attached hydrogens (tertiary/aromatic N) is 3. The van der Waals surface area contributed by atoms with Gasteiger partial charge in [-0.3, -0.25) is 9.59 Å². The van der Waals surface area contributed by atoms with E-state index in [1.165, 1.54) is 12.4 Å². The molecule has 2 heterocycles. The molecule has 0 saturated carbocycles. The van der Waals surface area contributed by atoms with Crippen LogP contribution < -0.4 is 5.32 Å². The van der Waals surface area contributed by atoms with E-state index in [2.05, 4.69) is 15.3 Å². The van der Waals surface area contributed by atoms with Gasteiger partial charge in [0, 0.05) is 32.4 Å². The fraction of sp³-hybridized carbons (Fsp3) is 0.500. The van der Waals surface area contributed by atoms with E-state index in [1.54, 1.807) is 11.9 Å². The molecule has 0 spiro atoms. The van der Waals surface area contributed by atoms with E-state index < -0.39 is 0 Å². The average molecular weight is 283 g/mol. The molecule has 7 heteroatoms. The van der Waals surface area contributed by atoms with Crippen molar-refractivity contribution in [2.45, 2.75) is 19.4 Å². The van der Waals surface area contributed by atoms with E-state index in [9.17, 15) is 9.59 Å². The third-order valence-corrected chi connectivity index (χ3v) is 3.29. The van der Waals surface area contributed by atoms with Gasteiger partial charge in [0.2, 0.25) is 11.8 Å². The van der Waals surface area contributed by atoms with Crippen molar-refractivity contribution in [1.29, 1.82) is 0 Å². The van der Waals surface area contributed by atoms with Gasteiger partial charge in [0.15, 0.2) is 0 Å². The van der Waals surface area contributed by atoms with Crippen molar-refractivity contribution in [3.05, 3.63) is 23.2 Å². The SMILES string of the molecule is CN1C[C@H](C(=O)NCc2ncc(Cl)cn2)CCC1=O. The number of nitrogens with one attached hydrogen (secondary N) is 1. The summed E-state index contributed by atoms with van der Waals surface area (Å²) in [6.45, 7) is 0.732. The number of rotatable bonds is 3. The Morgan fingerprint density at radius 1 is 1.53 bits per heavy atom. The van der Waals surface area contributed by atoms with Crippen molar-refractivity contribution in [1.82, 2.24) is 20.2 Å². The summed E-state index contributed by atoms with van der Waals surface area (Å²) in [5, 5.41) is 3.24. The van der Waals surface area contributed by atoms with E-state index in [0.717, 1.165) is 0 Å². The van der Waals surface area contributed by atoms with Crippen LogP contribution in [0.4, 0.5) is 0 Å². The molecule has 1 aliphatic rings. The number of carbonyl (C=O) groups is 2. The van der Waals surface area contributed by atoms with E-state index in [1.807, 2.05) is 0 Å². The van der Waals surface area contributed by atoms with Gasteiger partial charge in [0.25, 0.3) is 0 Å². The summed E-state index contributed by atoms with van der Waals surface area (Å²) < 4.78 is 0. The van der Waals surface area contributed by atoms with Gasteiger partial charge in [-0.05, 0) is 6.42 Å². The Kier molecular flexibility index (Phi) is 4.31. The molecular weight excluding hydrogens is 268 g/mol. The second kappa shape index (κ2) is 5.97. The highest BCUT2D eigenvalue weighted by molar-refractivity contribution is 6.30. The first-order valence-corrected chi connectivity index (χ1v) is 6.42. The molecule has 1 N–H and O–H groups in total. The highest BCUT2D eigenvalue weighted by atomic mass is 35.5. The Labute approximate surface area is 116 Å². The lowest BCUT2D eigenvalue weighted by Gasteiger charge is -2.28. The topological polar surface area (TPSA) is 75.2 Å². The van der Waals surface area contributed by atoms with E-state index in [-0.39, 0.29) is 24.3 Å². The second-order valence-corrected chi connectivity index (χ2v) is 4.98. The summed E-state index contributed by atoms with van der Waals surface area (Å²) in [6, 6.07) is 0. The van der Waals surface area contributed by atoms with Gasteiger partial charge in [-0.1, -0.05) is 11.6 Å². The maximum atomic E-state index is 12.0. The number of hydrogen-bond acceptors (Lipinski definition) is 4. The number of carbonyl (C=O) groups excluding carboxylic acids is 2. The summed E-state index contributed by atoms with van der Waals surface area (Å²) in [7, 11) is 1.71. The normalized spacial score (nSPS) is 19.4. The maximum Gasteiger partial charge on any atom is 0.225 e. The van der Waals surface area contributed by atoms with Crippen LogP contribution in [0, 0.1) is 5.92 Å². The number of piperidine rings is 1. The minimum absolute atomic E-state index is 0.0714. The molecule has 0 aliphatic carbocycles. The van der Waals surface area contributed by atoms with Crippen LogP contribution in [-0.2, 0) is 16.1 Å². The quantitative estimate of drug-likeness (QED) is 0.882. The van der Waals surface area contributed by atoms with Crippen LogP contribution in [0.3, 0.4) is 0 Å². The van der Waals surface area contributed by atoms with Crippen molar-refractivity contribution in [3.8, 4) is 0 Å². The van der Waals surface area contributed by atoms with Crippen LogP contribution in [0.1, 0.15) is 18.7 Å². The molecule has 0 unspecified atom stereocenters. The zero-order chi connectivity index (χ0) is 13.8. The molecule has 0 radical (unpaired) electrons. The summed E-state index contributed by atoms with van der Waals surface area (Å²) in [4.78, 5) is 32.9. The average Bonchev–Trinajstić information content (AvgIpc) is 2.41. The van der Waals surface area contributed by atoms with Gasteiger partial charge in [0.1, 0.15) is 5.82 Å². The molecule has 2 rings (SSSR count). The summed E-state index contributed by atoms with van der Waals surface area (Å²) in [6.07, 6.45) is 3.99. The van der Waals surface area contributed by atoms with Crippen molar-refractivity contribution in [2.75, 3.05) is 13.6 Å². The van der Waals surface area contributed by atoms with Crippen LogP contribution >= 0.6 is 11.6 Å². The zero-order valence-electron chi connectivity index (χ0n) is 10.6. The predicted molar refractivity (Wildman–Crippen MR) is 69.2 cm³/mol. The maximum absolute atomic E-state index is 12.0. The van der Waals surface area contributed by atoms with Gasteiger partial charge in [-0.2, -0.15) is 0 Å². The first kappa shape index (κ1) is 13.7. The lowest BCUT2D eigenvalue weighted by atomic mass is 9.97. The summed E-state index contributed by atoms with van der Waals surface area (Å²) >= 11 is 5.68. The van der Waals surface area contributed by atoms with E-state index in [4.69, 9.17) is 11.6 Å². The van der Waals surface area contributed by atoms with Gasteiger partial charge in [-0.25, -0.2) is 9.97 Å². The molecule has 1 fully saturated rings. The Bertz CT molecular complexity index is 477. The molecule has 102 valence electrons. The standard InChI is InChI=1S/C12H15ClN4O2/c1-17-7-8(2-3-11(17)18)12(19)16-6-10-14-4-9(13)5-15-10/h4-5,8H,2-3,6-7H2,1H3,(H,16,19)/t8-/m1/s1. The molecule has 0 aromatic carbocycles. The second-order valence-electron chi connectivity index (χ2n) is 4.55. The van der Waals surface area contributed by atoms with Crippen molar-refractivity contribution in [2.24, 2.45) is 5.92 Å². The van der Waals surface area contributed by atoms with Gasteiger partial charge in [-0.15, -0.1) is 0 Å². The smallest absolute Gasteiger partial charge is 0.225 e. The van der Waals surface area contributed by atoms with Crippen LogP contribution in [0.5, 0.6) is 0 Å². The summed E-state index contributed by atoms with van der Waals surface area (Å²) in [5.41, 5.74) is 0. The molecular formula is C12H15ClN4O2. The van der Waals surface area contributed by atoms with Gasteiger partial charge in [0.05, 0.1) is 17.5 Å². The van der Waals surface area contributed by atoms with E-state index in [0.29, 0.717) is 30.2 Å². The van der Waals surface area contributed by atoms with Crippen LogP contribution in [0.15, 0.2) is 12.4 Å². The lowest BCUT2D eigenvalue weighted by molar-refractivity contribution is -0.136. The largest absolute Gasteiger partial charge is 0.349 e. The van der Waals surface area contributed by atoms with Crippen LogP contribution in [0.2, 0.25) is 5.02 Å². The molecule has 0 bridgehead atoms. The Hall–Kier alpha value is -1.69. The Morgan fingerprint density at radius 3 is 2.84 bits per heavy atom. The number of hydrogen-bond donors (Lipinski definition) is 1. The van der Waals surface area contributed by atoms with Gasteiger partial charge < -0.3 is 10.2 Å². The number of aromatic nitrogens is 2. The van der Waals surface area contributed by atoms with Gasteiger partial charge >= 0.3 is 0 Å². The number of halogens is 1. The fourth-order valence-corrected chi connectivity index (χ4v) is 2.06. The molecule has 1 atom stereocenters. The monoisotopic (exact) mass is 282 g/mol. The minimum Gasteiger partial charge on any atom is -0.349 e. The molecule has 1 aromatic rings. The predicted octanol–water partition coefficient (Wildman–Crippen LogP) is 0.615.